The SMILES string of the molecule is CO[C@@H](Cc1cn(C)c(C(F)(F)F)n1)C(=O)NC/C=C/CN. The molecule has 0 aromatic carbocycles. The summed E-state index contributed by atoms with van der Waals surface area (Å²) < 4.78 is 43.9. The largest absolute Gasteiger partial charge is 0.449 e. The first kappa shape index (κ1) is 18.2. The summed E-state index contributed by atoms with van der Waals surface area (Å²) in [5, 5.41) is 2.58. The number of carbonyl (C=O) groups excluding carboxylic acids is 1. The molecule has 0 fully saturated rings. The number of rotatable bonds is 7. The standard InChI is InChI=1S/C13H19F3N4O2/c1-20-8-9(19-12(20)13(14,15)16)7-10(22-2)11(21)18-6-4-3-5-17/h3-4,8,10H,5-7,17H2,1-2H3,(H,18,21)/b4-3+/t10-/m0/s1. The van der Waals surface area contributed by atoms with Crippen molar-refractivity contribution in [3.05, 3.63) is 29.9 Å². The van der Waals surface area contributed by atoms with Crippen LogP contribution in [0.1, 0.15) is 11.5 Å². The second kappa shape index (κ2) is 7.95. The van der Waals surface area contributed by atoms with Crippen LogP contribution < -0.4 is 11.1 Å². The van der Waals surface area contributed by atoms with E-state index in [1.165, 1.54) is 20.4 Å². The summed E-state index contributed by atoms with van der Waals surface area (Å²) in [5.41, 5.74) is 5.39. The lowest BCUT2D eigenvalue weighted by Crippen LogP contribution is -2.37. The van der Waals surface area contributed by atoms with Gasteiger partial charge in [-0.05, 0) is 0 Å². The van der Waals surface area contributed by atoms with Gasteiger partial charge in [0, 0.05) is 39.9 Å². The molecule has 1 aromatic rings. The van der Waals surface area contributed by atoms with E-state index in [0.717, 1.165) is 4.57 Å². The highest BCUT2D eigenvalue weighted by atomic mass is 19.4. The van der Waals surface area contributed by atoms with Gasteiger partial charge >= 0.3 is 6.18 Å². The summed E-state index contributed by atoms with van der Waals surface area (Å²) in [6.45, 7) is 0.629. The van der Waals surface area contributed by atoms with Crippen LogP contribution >= 0.6 is 0 Å². The maximum atomic E-state index is 12.7. The van der Waals surface area contributed by atoms with Crippen molar-refractivity contribution in [1.29, 1.82) is 0 Å². The van der Waals surface area contributed by atoms with Crippen molar-refractivity contribution in [3.8, 4) is 0 Å². The molecule has 6 nitrogen and oxygen atoms in total. The van der Waals surface area contributed by atoms with Crippen LogP contribution in [0.2, 0.25) is 0 Å². The van der Waals surface area contributed by atoms with Gasteiger partial charge in [0.1, 0.15) is 6.10 Å². The molecular weight excluding hydrogens is 301 g/mol. The van der Waals surface area contributed by atoms with E-state index in [1.807, 2.05) is 0 Å². The molecule has 3 N–H and O–H groups in total. The average molecular weight is 320 g/mol. The summed E-state index contributed by atoms with van der Waals surface area (Å²) in [5.74, 6) is -1.44. The molecule has 1 aromatic heterocycles. The second-order valence-corrected chi connectivity index (χ2v) is 4.55. The molecule has 1 rings (SSSR count). The lowest BCUT2D eigenvalue weighted by molar-refractivity contribution is -0.146. The fraction of sp³-hybridized carbons (Fsp3) is 0.538. The van der Waals surface area contributed by atoms with E-state index < -0.39 is 24.0 Å². The van der Waals surface area contributed by atoms with Crippen molar-refractivity contribution < 1.29 is 22.7 Å². The minimum Gasteiger partial charge on any atom is -0.371 e. The number of aryl methyl sites for hydroxylation is 1. The first-order valence-corrected chi connectivity index (χ1v) is 6.54. The Morgan fingerprint density at radius 1 is 1.55 bits per heavy atom. The number of hydrogen-bond donors (Lipinski definition) is 2. The van der Waals surface area contributed by atoms with Crippen LogP contribution in [0.4, 0.5) is 13.2 Å². The van der Waals surface area contributed by atoms with Crippen molar-refractivity contribution in [1.82, 2.24) is 14.9 Å². The fourth-order valence-corrected chi connectivity index (χ4v) is 1.82. The molecule has 0 aliphatic rings. The zero-order chi connectivity index (χ0) is 16.8. The van der Waals surface area contributed by atoms with Crippen LogP contribution in [0.15, 0.2) is 18.3 Å². The van der Waals surface area contributed by atoms with Crippen LogP contribution in [-0.2, 0) is 29.2 Å². The number of hydrogen-bond acceptors (Lipinski definition) is 4. The first-order chi connectivity index (χ1) is 10.3. The predicted octanol–water partition coefficient (Wildman–Crippen LogP) is 0.628. The fourth-order valence-electron chi connectivity index (χ4n) is 1.82. The molecule has 22 heavy (non-hydrogen) atoms. The molecule has 0 bridgehead atoms. The Hall–Kier alpha value is -1.87. The topological polar surface area (TPSA) is 82.2 Å². The van der Waals surface area contributed by atoms with Crippen molar-refractivity contribution in [2.75, 3.05) is 20.2 Å². The molecule has 0 aliphatic heterocycles. The molecule has 1 heterocycles. The van der Waals surface area contributed by atoms with Crippen LogP contribution in [0.25, 0.3) is 0 Å². The number of imidazole rings is 1. The van der Waals surface area contributed by atoms with E-state index in [0.29, 0.717) is 6.54 Å². The molecule has 0 unspecified atom stereocenters. The van der Waals surface area contributed by atoms with Gasteiger partial charge in [-0.2, -0.15) is 13.2 Å². The summed E-state index contributed by atoms with van der Waals surface area (Å²) in [6.07, 6.45) is -0.917. The highest BCUT2D eigenvalue weighted by Gasteiger charge is 2.36. The average Bonchev–Trinajstić information content (AvgIpc) is 2.81. The Kier molecular flexibility index (Phi) is 6.57. The number of nitrogens with two attached hydrogens (primary N) is 1. The third kappa shape index (κ3) is 5.15. The maximum absolute atomic E-state index is 12.7. The van der Waals surface area contributed by atoms with Crippen LogP contribution in [0.5, 0.6) is 0 Å². The smallest absolute Gasteiger partial charge is 0.371 e. The summed E-state index contributed by atoms with van der Waals surface area (Å²) in [6, 6.07) is 0. The van der Waals surface area contributed by atoms with E-state index in [4.69, 9.17) is 10.5 Å². The van der Waals surface area contributed by atoms with Crippen LogP contribution in [-0.4, -0.2) is 41.8 Å². The Balaban J connectivity index is 2.70. The van der Waals surface area contributed by atoms with Gasteiger partial charge in [-0.15, -0.1) is 0 Å². The van der Waals surface area contributed by atoms with Gasteiger partial charge in [0.2, 0.25) is 11.7 Å². The third-order valence-corrected chi connectivity index (χ3v) is 2.85. The zero-order valence-electron chi connectivity index (χ0n) is 12.4. The zero-order valence-corrected chi connectivity index (χ0v) is 12.4. The highest BCUT2D eigenvalue weighted by Crippen LogP contribution is 2.28. The second-order valence-electron chi connectivity index (χ2n) is 4.55. The molecular formula is C13H19F3N4O2. The van der Waals surface area contributed by atoms with E-state index in [1.54, 1.807) is 12.2 Å². The van der Waals surface area contributed by atoms with E-state index in [9.17, 15) is 18.0 Å². The number of alkyl halides is 3. The van der Waals surface area contributed by atoms with Crippen molar-refractivity contribution >= 4 is 5.91 Å². The van der Waals surface area contributed by atoms with Gasteiger partial charge in [0.15, 0.2) is 0 Å². The number of halogens is 3. The number of methoxy groups -OCH3 is 1. The quantitative estimate of drug-likeness (QED) is 0.722. The number of amides is 1. The van der Waals surface area contributed by atoms with Crippen LogP contribution in [0.3, 0.4) is 0 Å². The number of ether oxygens (including phenoxy) is 1. The first-order valence-electron chi connectivity index (χ1n) is 6.54. The van der Waals surface area contributed by atoms with E-state index >= 15 is 0 Å². The number of carbonyl (C=O) groups is 1. The highest BCUT2D eigenvalue weighted by molar-refractivity contribution is 5.81. The van der Waals surface area contributed by atoms with Gasteiger partial charge in [0.05, 0.1) is 5.69 Å². The minimum atomic E-state index is -4.54. The van der Waals surface area contributed by atoms with Gasteiger partial charge in [-0.1, -0.05) is 12.2 Å². The Bertz CT molecular complexity index is 526. The van der Waals surface area contributed by atoms with Crippen LogP contribution in [0, 0.1) is 0 Å². The third-order valence-electron chi connectivity index (χ3n) is 2.85. The summed E-state index contributed by atoms with van der Waals surface area (Å²) in [4.78, 5) is 15.4. The normalized spacial score (nSPS) is 13.5. The van der Waals surface area contributed by atoms with Gasteiger partial charge in [-0.25, -0.2) is 4.98 Å². The van der Waals surface area contributed by atoms with Gasteiger partial charge in [0.25, 0.3) is 0 Å². The number of nitrogens with zero attached hydrogens (tertiary/aromatic N) is 2. The summed E-state index contributed by atoms with van der Waals surface area (Å²) >= 11 is 0. The summed E-state index contributed by atoms with van der Waals surface area (Å²) in [7, 11) is 2.56. The van der Waals surface area contributed by atoms with E-state index in [-0.39, 0.29) is 18.7 Å². The number of aromatic nitrogens is 2. The maximum Gasteiger partial charge on any atom is 0.449 e. The molecule has 0 saturated heterocycles. The Labute approximate surface area is 126 Å². The molecule has 124 valence electrons. The molecule has 1 amide bonds. The number of nitrogens with one attached hydrogen (secondary N) is 1. The van der Waals surface area contributed by atoms with Crippen molar-refractivity contribution in [2.45, 2.75) is 18.7 Å². The molecule has 9 heteroatoms. The molecule has 0 spiro atoms. The van der Waals surface area contributed by atoms with Crippen molar-refractivity contribution in [3.63, 3.8) is 0 Å². The predicted molar refractivity (Wildman–Crippen MR) is 73.9 cm³/mol. The van der Waals surface area contributed by atoms with Gasteiger partial charge < -0.3 is 20.4 Å². The lowest BCUT2D eigenvalue weighted by Gasteiger charge is -2.13. The Morgan fingerprint density at radius 2 is 2.23 bits per heavy atom. The monoisotopic (exact) mass is 320 g/mol. The molecule has 0 aliphatic carbocycles. The van der Waals surface area contributed by atoms with Gasteiger partial charge in [-0.3, -0.25) is 4.79 Å². The Morgan fingerprint density at radius 3 is 2.73 bits per heavy atom. The van der Waals surface area contributed by atoms with E-state index in [2.05, 4.69) is 10.3 Å². The molecule has 0 radical (unpaired) electrons. The molecule has 0 saturated carbocycles. The lowest BCUT2D eigenvalue weighted by atomic mass is 10.2. The van der Waals surface area contributed by atoms with Crippen molar-refractivity contribution in [2.24, 2.45) is 12.8 Å². The molecule has 1 atom stereocenters. The minimum absolute atomic E-state index is 0.0488.